The van der Waals surface area contributed by atoms with Gasteiger partial charge in [0.25, 0.3) is 0 Å². The summed E-state index contributed by atoms with van der Waals surface area (Å²) < 4.78 is 0. The average Bonchev–Trinajstić information content (AvgIpc) is 3.18. The zero-order valence-electron chi connectivity index (χ0n) is 18.7. The van der Waals surface area contributed by atoms with Gasteiger partial charge in [-0.1, -0.05) is 6.92 Å². The number of rotatable bonds is 7. The van der Waals surface area contributed by atoms with E-state index in [1.807, 2.05) is 0 Å². The molecule has 0 aromatic rings. The second-order valence-corrected chi connectivity index (χ2v) is 11.3. The van der Waals surface area contributed by atoms with E-state index in [9.17, 15) is 4.79 Å². The van der Waals surface area contributed by atoms with E-state index in [1.165, 1.54) is 64.6 Å². The van der Waals surface area contributed by atoms with Crippen LogP contribution < -0.4 is 5.32 Å². The summed E-state index contributed by atoms with van der Waals surface area (Å²) in [5.41, 5.74) is 0.587. The van der Waals surface area contributed by atoms with Gasteiger partial charge in [-0.3, -0.25) is 14.6 Å². The van der Waals surface area contributed by atoms with Crippen molar-refractivity contribution < 1.29 is 4.79 Å². The van der Waals surface area contributed by atoms with Gasteiger partial charge in [-0.05, 0) is 120 Å². The second kappa shape index (κ2) is 8.49. The smallest absolute Gasteiger partial charge is 0.220 e. The molecule has 0 spiro atoms. The molecule has 4 aliphatic carbocycles. The lowest BCUT2D eigenvalue weighted by Gasteiger charge is -2.61. The van der Waals surface area contributed by atoms with E-state index in [-0.39, 0.29) is 5.91 Å². The fourth-order valence-electron chi connectivity index (χ4n) is 8.35. The maximum absolute atomic E-state index is 12.4. The zero-order valence-corrected chi connectivity index (χ0v) is 18.7. The monoisotopic (exact) mass is 401 g/mol. The van der Waals surface area contributed by atoms with Crippen LogP contribution in [-0.4, -0.2) is 60.0 Å². The molecule has 6 aliphatic rings. The SMILES string of the molecule is CCN1CCC[C@H]1CNC(=O)CCC1CCN(C23CC4CC(CC(C4)C2)C3)CC1. The Bertz CT molecular complexity index is 547. The number of hydrogen-bond acceptors (Lipinski definition) is 3. The fraction of sp³-hybridized carbons (Fsp3) is 0.960. The van der Waals surface area contributed by atoms with Crippen molar-refractivity contribution in [1.29, 1.82) is 0 Å². The molecular weight excluding hydrogens is 358 g/mol. The lowest BCUT2D eigenvalue weighted by molar-refractivity contribution is -0.122. The first-order valence-electron chi connectivity index (χ1n) is 12.9. The summed E-state index contributed by atoms with van der Waals surface area (Å²) in [7, 11) is 0. The molecule has 1 atom stereocenters. The molecule has 4 saturated carbocycles. The largest absolute Gasteiger partial charge is 0.355 e. The van der Waals surface area contributed by atoms with Crippen molar-refractivity contribution in [2.45, 2.75) is 95.6 Å². The number of carbonyl (C=O) groups excluding carboxylic acids is 1. The first kappa shape index (κ1) is 20.3. The quantitative estimate of drug-likeness (QED) is 0.699. The highest BCUT2D eigenvalue weighted by Crippen LogP contribution is 2.58. The lowest BCUT2D eigenvalue weighted by atomic mass is 9.52. The number of carbonyl (C=O) groups is 1. The number of nitrogens with one attached hydrogen (secondary N) is 1. The molecule has 2 saturated heterocycles. The summed E-state index contributed by atoms with van der Waals surface area (Å²) >= 11 is 0. The van der Waals surface area contributed by atoms with Crippen LogP contribution in [-0.2, 0) is 4.79 Å². The Hall–Kier alpha value is -0.610. The van der Waals surface area contributed by atoms with E-state index in [1.54, 1.807) is 19.3 Å². The van der Waals surface area contributed by atoms with Crippen LogP contribution in [0.4, 0.5) is 0 Å². The molecule has 0 aromatic heterocycles. The molecule has 1 N–H and O–H groups in total. The van der Waals surface area contributed by atoms with E-state index in [2.05, 4.69) is 22.0 Å². The Morgan fingerprint density at radius 2 is 1.62 bits per heavy atom. The average molecular weight is 402 g/mol. The van der Waals surface area contributed by atoms with Crippen LogP contribution >= 0.6 is 0 Å². The number of hydrogen-bond donors (Lipinski definition) is 1. The van der Waals surface area contributed by atoms with Crippen LogP contribution in [0, 0.1) is 23.7 Å². The Morgan fingerprint density at radius 1 is 0.966 bits per heavy atom. The fourth-order valence-corrected chi connectivity index (χ4v) is 8.35. The standard InChI is InChI=1S/C25H43N3O/c1-2-27-9-3-4-23(27)18-26-24(29)6-5-19-7-10-28(11-8-19)25-15-20-12-21(16-25)14-22(13-20)17-25/h19-23H,2-18H2,1H3,(H,26,29)/t20?,21?,22?,23-,25?/m0/s1. The predicted molar refractivity (Wildman–Crippen MR) is 118 cm³/mol. The molecule has 4 bridgehead atoms. The van der Waals surface area contributed by atoms with Crippen molar-refractivity contribution >= 4 is 5.91 Å². The molecule has 0 aromatic carbocycles. The zero-order chi connectivity index (χ0) is 19.8. The third-order valence-electron chi connectivity index (χ3n) is 9.51. The van der Waals surface area contributed by atoms with Crippen molar-refractivity contribution in [3.63, 3.8) is 0 Å². The highest BCUT2D eigenvalue weighted by molar-refractivity contribution is 5.75. The van der Waals surface area contributed by atoms with Crippen molar-refractivity contribution in [2.75, 3.05) is 32.7 Å². The molecule has 164 valence electrons. The molecule has 4 nitrogen and oxygen atoms in total. The summed E-state index contributed by atoms with van der Waals surface area (Å²) in [6.45, 7) is 8.01. The van der Waals surface area contributed by atoms with E-state index < -0.39 is 0 Å². The van der Waals surface area contributed by atoms with Crippen molar-refractivity contribution in [3.8, 4) is 0 Å². The molecule has 6 fully saturated rings. The molecular formula is C25H43N3O. The van der Waals surface area contributed by atoms with Crippen LogP contribution in [0.3, 0.4) is 0 Å². The minimum absolute atomic E-state index is 0.288. The minimum Gasteiger partial charge on any atom is -0.355 e. The van der Waals surface area contributed by atoms with Gasteiger partial charge in [0.15, 0.2) is 0 Å². The van der Waals surface area contributed by atoms with Crippen LogP contribution in [0.25, 0.3) is 0 Å². The maximum atomic E-state index is 12.4. The first-order valence-corrected chi connectivity index (χ1v) is 12.9. The third-order valence-corrected chi connectivity index (χ3v) is 9.51. The van der Waals surface area contributed by atoms with E-state index in [0.29, 0.717) is 11.6 Å². The normalized spacial score (nSPS) is 40.6. The Kier molecular flexibility index (Phi) is 5.95. The molecule has 2 heterocycles. The van der Waals surface area contributed by atoms with Gasteiger partial charge in [-0.15, -0.1) is 0 Å². The van der Waals surface area contributed by atoms with Crippen molar-refractivity contribution in [3.05, 3.63) is 0 Å². The summed E-state index contributed by atoms with van der Waals surface area (Å²) in [5.74, 6) is 4.20. The topological polar surface area (TPSA) is 35.6 Å². The van der Waals surface area contributed by atoms with Gasteiger partial charge in [0.05, 0.1) is 0 Å². The summed E-state index contributed by atoms with van der Waals surface area (Å²) in [5, 5.41) is 3.24. The van der Waals surface area contributed by atoms with Gasteiger partial charge >= 0.3 is 0 Å². The predicted octanol–water partition coefficient (Wildman–Crippen LogP) is 4.05. The van der Waals surface area contributed by atoms with Crippen LogP contribution in [0.2, 0.25) is 0 Å². The van der Waals surface area contributed by atoms with Gasteiger partial charge in [0.2, 0.25) is 5.91 Å². The molecule has 1 amide bonds. The number of piperidine rings is 1. The highest BCUT2D eigenvalue weighted by Gasteiger charge is 2.53. The molecule has 0 radical (unpaired) electrons. The van der Waals surface area contributed by atoms with Gasteiger partial charge in [0.1, 0.15) is 0 Å². The minimum atomic E-state index is 0.288. The van der Waals surface area contributed by atoms with Gasteiger partial charge < -0.3 is 5.32 Å². The molecule has 29 heavy (non-hydrogen) atoms. The summed E-state index contributed by atoms with van der Waals surface area (Å²) in [6.07, 6.45) is 16.1. The molecule has 0 unspecified atom stereocenters. The number of likely N-dealkylation sites (tertiary alicyclic amines) is 2. The second-order valence-electron chi connectivity index (χ2n) is 11.3. The van der Waals surface area contributed by atoms with Crippen molar-refractivity contribution in [1.82, 2.24) is 15.1 Å². The van der Waals surface area contributed by atoms with E-state index in [0.717, 1.165) is 49.6 Å². The van der Waals surface area contributed by atoms with Crippen LogP contribution in [0.5, 0.6) is 0 Å². The molecule has 6 rings (SSSR count). The molecule has 2 aliphatic heterocycles. The Morgan fingerprint density at radius 3 is 2.24 bits per heavy atom. The van der Waals surface area contributed by atoms with Crippen molar-refractivity contribution in [2.24, 2.45) is 23.7 Å². The van der Waals surface area contributed by atoms with Crippen LogP contribution in [0.15, 0.2) is 0 Å². The molecule has 4 heteroatoms. The Labute approximate surface area is 178 Å². The van der Waals surface area contributed by atoms with Gasteiger partial charge in [-0.25, -0.2) is 0 Å². The third kappa shape index (κ3) is 4.26. The van der Waals surface area contributed by atoms with E-state index in [4.69, 9.17) is 0 Å². The number of nitrogens with zero attached hydrogens (tertiary/aromatic N) is 2. The van der Waals surface area contributed by atoms with Gasteiger partial charge in [-0.2, -0.15) is 0 Å². The highest BCUT2D eigenvalue weighted by atomic mass is 16.1. The number of amides is 1. The van der Waals surface area contributed by atoms with Gasteiger partial charge in [0, 0.05) is 24.5 Å². The Balaban J connectivity index is 1.03. The lowest BCUT2D eigenvalue weighted by Crippen LogP contribution is -2.61. The first-order chi connectivity index (χ1) is 14.1. The number of likely N-dealkylation sites (N-methyl/N-ethyl adjacent to an activating group) is 1. The summed E-state index contributed by atoms with van der Waals surface area (Å²) in [4.78, 5) is 17.8. The van der Waals surface area contributed by atoms with E-state index >= 15 is 0 Å². The summed E-state index contributed by atoms with van der Waals surface area (Å²) in [6, 6.07) is 0.576. The van der Waals surface area contributed by atoms with Crippen LogP contribution in [0.1, 0.15) is 84.0 Å². The maximum Gasteiger partial charge on any atom is 0.220 e.